The Labute approximate surface area is 113 Å². The Balaban J connectivity index is 1.75. The van der Waals surface area contributed by atoms with Crippen LogP contribution in [-0.2, 0) is 11.3 Å². The number of aliphatic hydroxyl groups excluding tert-OH is 1. The summed E-state index contributed by atoms with van der Waals surface area (Å²) in [6.07, 6.45) is 0. The van der Waals surface area contributed by atoms with Crippen molar-refractivity contribution >= 4 is 0 Å². The van der Waals surface area contributed by atoms with Crippen LogP contribution < -0.4 is 10.5 Å². The van der Waals surface area contributed by atoms with Crippen molar-refractivity contribution in [3.05, 3.63) is 29.8 Å². The molecule has 0 aromatic heterocycles. The molecule has 0 spiro atoms. The van der Waals surface area contributed by atoms with E-state index in [-0.39, 0.29) is 12.6 Å². The molecule has 0 aliphatic carbocycles. The molecule has 1 unspecified atom stereocenters. The molecule has 5 nitrogen and oxygen atoms in total. The summed E-state index contributed by atoms with van der Waals surface area (Å²) < 4.78 is 11.0. The average Bonchev–Trinajstić information content (AvgIpc) is 2.48. The third-order valence-corrected chi connectivity index (χ3v) is 3.37. The molecule has 106 valence electrons. The van der Waals surface area contributed by atoms with Gasteiger partial charge >= 0.3 is 0 Å². The van der Waals surface area contributed by atoms with Crippen molar-refractivity contribution in [1.29, 1.82) is 0 Å². The summed E-state index contributed by atoms with van der Waals surface area (Å²) in [4.78, 5) is 2.21. The van der Waals surface area contributed by atoms with Crippen molar-refractivity contribution in [3.8, 4) is 5.75 Å². The van der Waals surface area contributed by atoms with Crippen molar-refractivity contribution in [2.45, 2.75) is 12.6 Å². The van der Waals surface area contributed by atoms with Crippen LogP contribution in [0.3, 0.4) is 0 Å². The van der Waals surface area contributed by atoms with Gasteiger partial charge in [-0.3, -0.25) is 4.90 Å². The van der Waals surface area contributed by atoms with E-state index in [9.17, 15) is 5.11 Å². The van der Waals surface area contributed by atoms with Crippen molar-refractivity contribution in [2.24, 2.45) is 5.73 Å². The van der Waals surface area contributed by atoms with Crippen molar-refractivity contribution in [1.82, 2.24) is 4.90 Å². The van der Waals surface area contributed by atoms with Gasteiger partial charge in [0.25, 0.3) is 0 Å². The lowest BCUT2D eigenvalue weighted by atomic mass is 10.2. The van der Waals surface area contributed by atoms with E-state index in [0.29, 0.717) is 19.8 Å². The second-order valence-electron chi connectivity index (χ2n) is 4.64. The highest BCUT2D eigenvalue weighted by molar-refractivity contribution is 5.27. The molecule has 0 amide bonds. The number of ether oxygens (including phenoxy) is 2. The third kappa shape index (κ3) is 4.18. The quantitative estimate of drug-likeness (QED) is 0.771. The van der Waals surface area contributed by atoms with Gasteiger partial charge in [0.2, 0.25) is 0 Å². The lowest BCUT2D eigenvalue weighted by Gasteiger charge is -2.34. The molecule has 5 heteroatoms. The molecule has 1 fully saturated rings. The molecule has 1 aliphatic heterocycles. The normalized spacial score (nSPS) is 20.4. The van der Waals surface area contributed by atoms with Crippen molar-refractivity contribution < 1.29 is 14.6 Å². The number of rotatable bonds is 6. The van der Waals surface area contributed by atoms with Crippen molar-refractivity contribution in [2.75, 3.05) is 39.5 Å². The fraction of sp³-hybridized carbons (Fsp3) is 0.571. The highest BCUT2D eigenvalue weighted by atomic mass is 16.5. The summed E-state index contributed by atoms with van der Waals surface area (Å²) in [5, 5.41) is 9.26. The molecular formula is C14H22N2O3. The van der Waals surface area contributed by atoms with Crippen LogP contribution in [0.5, 0.6) is 5.75 Å². The summed E-state index contributed by atoms with van der Waals surface area (Å²) in [6, 6.07) is 7.91. The van der Waals surface area contributed by atoms with E-state index in [4.69, 9.17) is 15.2 Å². The fourth-order valence-electron chi connectivity index (χ4n) is 2.15. The average molecular weight is 266 g/mol. The molecule has 2 rings (SSSR count). The van der Waals surface area contributed by atoms with Crippen molar-refractivity contribution in [3.63, 3.8) is 0 Å². The molecule has 1 saturated heterocycles. The van der Waals surface area contributed by atoms with E-state index < -0.39 is 0 Å². The van der Waals surface area contributed by atoms with Crippen LogP contribution in [0.4, 0.5) is 0 Å². The molecule has 0 saturated carbocycles. The first-order chi connectivity index (χ1) is 9.33. The van der Waals surface area contributed by atoms with Gasteiger partial charge in [0, 0.05) is 19.6 Å². The van der Waals surface area contributed by atoms with E-state index >= 15 is 0 Å². The van der Waals surface area contributed by atoms with Gasteiger partial charge in [0.05, 0.1) is 25.9 Å². The van der Waals surface area contributed by atoms with Gasteiger partial charge in [-0.05, 0) is 17.7 Å². The van der Waals surface area contributed by atoms with Crippen LogP contribution in [0.1, 0.15) is 5.56 Å². The van der Waals surface area contributed by atoms with Crippen LogP contribution in [0, 0.1) is 0 Å². The number of morpholine rings is 1. The second kappa shape index (κ2) is 7.45. The maximum absolute atomic E-state index is 9.26. The minimum Gasteiger partial charge on any atom is -0.492 e. The molecule has 19 heavy (non-hydrogen) atoms. The molecule has 1 aliphatic rings. The minimum atomic E-state index is 0.0944. The molecule has 1 aromatic rings. The maximum Gasteiger partial charge on any atom is 0.119 e. The summed E-state index contributed by atoms with van der Waals surface area (Å²) in [5.74, 6) is 0.853. The Morgan fingerprint density at radius 1 is 1.37 bits per heavy atom. The van der Waals surface area contributed by atoms with Gasteiger partial charge in [0.15, 0.2) is 0 Å². The number of nitrogens with zero attached hydrogens (tertiary/aromatic N) is 1. The summed E-state index contributed by atoms with van der Waals surface area (Å²) in [6.45, 7) is 4.26. The zero-order valence-electron chi connectivity index (χ0n) is 11.1. The zero-order chi connectivity index (χ0) is 13.5. The summed E-state index contributed by atoms with van der Waals surface area (Å²) in [5.41, 5.74) is 6.64. The predicted octanol–water partition coefficient (Wildman–Crippen LogP) is 0.217. The van der Waals surface area contributed by atoms with Crippen LogP contribution in [-0.4, -0.2) is 55.6 Å². The SMILES string of the molecule is NCc1ccc(OCCN2CCOCC2CO)cc1. The van der Waals surface area contributed by atoms with Crippen LogP contribution in [0.2, 0.25) is 0 Å². The minimum absolute atomic E-state index is 0.0944. The van der Waals surface area contributed by atoms with Gasteiger partial charge < -0.3 is 20.3 Å². The monoisotopic (exact) mass is 266 g/mol. The smallest absolute Gasteiger partial charge is 0.119 e. The Bertz CT molecular complexity index is 369. The number of aliphatic hydroxyl groups is 1. The van der Waals surface area contributed by atoms with Gasteiger partial charge in [0.1, 0.15) is 12.4 Å². The largest absolute Gasteiger partial charge is 0.492 e. The first-order valence-corrected chi connectivity index (χ1v) is 6.68. The Morgan fingerprint density at radius 2 is 2.16 bits per heavy atom. The molecule has 3 N–H and O–H groups in total. The topological polar surface area (TPSA) is 68.0 Å². The molecule has 0 radical (unpaired) electrons. The maximum atomic E-state index is 9.26. The third-order valence-electron chi connectivity index (χ3n) is 3.37. The van der Waals surface area contributed by atoms with E-state index in [2.05, 4.69) is 4.90 Å². The van der Waals surface area contributed by atoms with Crippen LogP contribution in [0.15, 0.2) is 24.3 Å². The zero-order valence-corrected chi connectivity index (χ0v) is 11.1. The van der Waals surface area contributed by atoms with E-state index in [1.54, 1.807) is 0 Å². The Hall–Kier alpha value is -1.14. The van der Waals surface area contributed by atoms with Crippen LogP contribution in [0.25, 0.3) is 0 Å². The van der Waals surface area contributed by atoms with E-state index in [1.807, 2.05) is 24.3 Å². The first-order valence-electron chi connectivity index (χ1n) is 6.68. The molecular weight excluding hydrogens is 244 g/mol. The number of benzene rings is 1. The molecule has 0 bridgehead atoms. The lowest BCUT2D eigenvalue weighted by Crippen LogP contribution is -2.48. The first kappa shape index (κ1) is 14.3. The number of nitrogens with two attached hydrogens (primary N) is 1. The molecule has 1 aromatic carbocycles. The van der Waals surface area contributed by atoms with Gasteiger partial charge in [-0.25, -0.2) is 0 Å². The predicted molar refractivity (Wildman–Crippen MR) is 73.1 cm³/mol. The molecule has 1 heterocycles. The summed E-state index contributed by atoms with van der Waals surface area (Å²) in [7, 11) is 0. The lowest BCUT2D eigenvalue weighted by molar-refractivity contribution is -0.0312. The Morgan fingerprint density at radius 3 is 2.84 bits per heavy atom. The van der Waals surface area contributed by atoms with E-state index in [0.717, 1.165) is 31.0 Å². The van der Waals surface area contributed by atoms with Crippen LogP contribution >= 0.6 is 0 Å². The highest BCUT2D eigenvalue weighted by Gasteiger charge is 2.21. The number of hydrogen-bond donors (Lipinski definition) is 2. The fourth-order valence-corrected chi connectivity index (χ4v) is 2.15. The summed E-state index contributed by atoms with van der Waals surface area (Å²) >= 11 is 0. The van der Waals surface area contributed by atoms with Gasteiger partial charge in [-0.15, -0.1) is 0 Å². The van der Waals surface area contributed by atoms with Gasteiger partial charge in [-0.1, -0.05) is 12.1 Å². The van der Waals surface area contributed by atoms with E-state index in [1.165, 1.54) is 0 Å². The second-order valence-corrected chi connectivity index (χ2v) is 4.64. The van der Waals surface area contributed by atoms with Gasteiger partial charge in [-0.2, -0.15) is 0 Å². The number of hydrogen-bond acceptors (Lipinski definition) is 5. The highest BCUT2D eigenvalue weighted by Crippen LogP contribution is 2.12. The standard InChI is InChI=1S/C14H22N2O3/c15-9-12-1-3-14(4-2-12)19-8-6-16-5-7-18-11-13(16)10-17/h1-4,13,17H,5-11,15H2. The molecule has 1 atom stereocenters. The Kier molecular flexibility index (Phi) is 5.60.